The van der Waals surface area contributed by atoms with E-state index in [-0.39, 0.29) is 11.7 Å². The summed E-state index contributed by atoms with van der Waals surface area (Å²) in [7, 11) is 0. The fourth-order valence-corrected chi connectivity index (χ4v) is 3.60. The van der Waals surface area contributed by atoms with E-state index in [4.69, 9.17) is 0 Å². The number of halogens is 2. The SMILES string of the molecule is C[C@@H]1C[C@H](C)CN(CCNC(=O)c2ccc(F)cc2Br)C1. The zero-order chi connectivity index (χ0) is 15.4. The van der Waals surface area contributed by atoms with Gasteiger partial charge in [0.15, 0.2) is 0 Å². The Balaban J connectivity index is 1.81. The van der Waals surface area contributed by atoms with E-state index in [0.29, 0.717) is 16.6 Å². The molecule has 3 nitrogen and oxygen atoms in total. The number of carbonyl (C=O) groups excluding carboxylic acids is 1. The van der Waals surface area contributed by atoms with E-state index >= 15 is 0 Å². The van der Waals surface area contributed by atoms with Gasteiger partial charge in [0.25, 0.3) is 5.91 Å². The summed E-state index contributed by atoms with van der Waals surface area (Å²) in [6, 6.07) is 4.11. The quantitative estimate of drug-likeness (QED) is 0.897. The molecule has 0 bridgehead atoms. The lowest BCUT2D eigenvalue weighted by molar-refractivity contribution is 0.0936. The number of piperidine rings is 1. The fourth-order valence-electron chi connectivity index (χ4n) is 3.07. The highest BCUT2D eigenvalue weighted by Gasteiger charge is 2.21. The molecule has 1 N–H and O–H groups in total. The van der Waals surface area contributed by atoms with Crippen LogP contribution in [-0.4, -0.2) is 37.0 Å². The van der Waals surface area contributed by atoms with Gasteiger partial charge in [-0.15, -0.1) is 0 Å². The zero-order valence-electron chi connectivity index (χ0n) is 12.5. The summed E-state index contributed by atoms with van der Waals surface area (Å²) in [4.78, 5) is 14.5. The third kappa shape index (κ3) is 4.78. The molecular weight excluding hydrogens is 335 g/mol. The van der Waals surface area contributed by atoms with Crippen LogP contribution in [0, 0.1) is 17.7 Å². The van der Waals surface area contributed by atoms with E-state index in [0.717, 1.165) is 31.5 Å². The second-order valence-electron chi connectivity index (χ2n) is 6.09. The molecule has 2 atom stereocenters. The smallest absolute Gasteiger partial charge is 0.252 e. The van der Waals surface area contributed by atoms with Crippen molar-refractivity contribution in [1.29, 1.82) is 0 Å². The van der Waals surface area contributed by atoms with Crippen LogP contribution in [0.15, 0.2) is 22.7 Å². The number of likely N-dealkylation sites (tertiary alicyclic amines) is 1. The summed E-state index contributed by atoms with van der Waals surface area (Å²) in [5, 5.41) is 2.90. The van der Waals surface area contributed by atoms with Gasteiger partial charge in [0.1, 0.15) is 5.82 Å². The second-order valence-corrected chi connectivity index (χ2v) is 6.94. The summed E-state index contributed by atoms with van der Waals surface area (Å²) >= 11 is 3.22. The predicted octanol–water partition coefficient (Wildman–Crippen LogP) is 3.30. The maximum absolute atomic E-state index is 13.0. The van der Waals surface area contributed by atoms with Crippen LogP contribution in [-0.2, 0) is 0 Å². The van der Waals surface area contributed by atoms with Crippen molar-refractivity contribution in [2.24, 2.45) is 11.8 Å². The van der Waals surface area contributed by atoms with Crippen molar-refractivity contribution >= 4 is 21.8 Å². The molecule has 116 valence electrons. The average molecular weight is 357 g/mol. The molecule has 1 aliphatic rings. The maximum Gasteiger partial charge on any atom is 0.252 e. The van der Waals surface area contributed by atoms with E-state index in [1.807, 2.05) is 0 Å². The highest BCUT2D eigenvalue weighted by atomic mass is 79.9. The summed E-state index contributed by atoms with van der Waals surface area (Å²) in [6.07, 6.45) is 1.28. The van der Waals surface area contributed by atoms with Gasteiger partial charge < -0.3 is 10.2 Å². The normalized spacial score (nSPS) is 23.0. The Kier molecular flexibility index (Phi) is 5.76. The lowest BCUT2D eigenvalue weighted by Gasteiger charge is -2.34. The van der Waals surface area contributed by atoms with Gasteiger partial charge >= 0.3 is 0 Å². The van der Waals surface area contributed by atoms with Crippen molar-refractivity contribution in [2.45, 2.75) is 20.3 Å². The Morgan fingerprint density at radius 2 is 2.05 bits per heavy atom. The van der Waals surface area contributed by atoms with Crippen molar-refractivity contribution in [2.75, 3.05) is 26.2 Å². The van der Waals surface area contributed by atoms with Crippen molar-refractivity contribution in [3.8, 4) is 0 Å². The Labute approximate surface area is 134 Å². The van der Waals surface area contributed by atoms with Crippen LogP contribution in [0.3, 0.4) is 0 Å². The van der Waals surface area contributed by atoms with Gasteiger partial charge in [-0.1, -0.05) is 13.8 Å². The molecule has 1 aliphatic heterocycles. The van der Waals surface area contributed by atoms with Gasteiger partial charge in [-0.25, -0.2) is 4.39 Å². The Morgan fingerprint density at radius 3 is 2.67 bits per heavy atom. The molecule has 1 aromatic rings. The van der Waals surface area contributed by atoms with Crippen molar-refractivity contribution in [3.05, 3.63) is 34.1 Å². The number of amides is 1. The molecule has 1 fully saturated rings. The first-order valence-electron chi connectivity index (χ1n) is 7.41. The first kappa shape index (κ1) is 16.4. The van der Waals surface area contributed by atoms with Crippen molar-refractivity contribution in [1.82, 2.24) is 10.2 Å². The van der Waals surface area contributed by atoms with Crippen LogP contribution in [0.2, 0.25) is 0 Å². The molecule has 0 unspecified atom stereocenters. The Morgan fingerprint density at radius 1 is 1.38 bits per heavy atom. The number of benzene rings is 1. The summed E-state index contributed by atoms with van der Waals surface area (Å²) in [5.74, 6) is 0.918. The average Bonchev–Trinajstić information content (AvgIpc) is 2.37. The van der Waals surface area contributed by atoms with Crippen LogP contribution in [0.25, 0.3) is 0 Å². The molecule has 0 radical (unpaired) electrons. The molecule has 0 saturated carbocycles. The lowest BCUT2D eigenvalue weighted by atomic mass is 9.92. The first-order chi connectivity index (χ1) is 9.95. The zero-order valence-corrected chi connectivity index (χ0v) is 14.1. The molecule has 2 rings (SSSR count). The number of hydrogen-bond donors (Lipinski definition) is 1. The highest BCUT2D eigenvalue weighted by molar-refractivity contribution is 9.10. The number of nitrogens with zero attached hydrogens (tertiary/aromatic N) is 1. The van der Waals surface area contributed by atoms with Gasteiger partial charge in [-0.2, -0.15) is 0 Å². The van der Waals surface area contributed by atoms with E-state index in [1.54, 1.807) is 0 Å². The predicted molar refractivity (Wildman–Crippen MR) is 85.8 cm³/mol. The van der Waals surface area contributed by atoms with Crippen LogP contribution in [0.1, 0.15) is 30.6 Å². The van der Waals surface area contributed by atoms with E-state index < -0.39 is 0 Å². The minimum atomic E-state index is -0.352. The molecule has 1 heterocycles. The van der Waals surface area contributed by atoms with Crippen molar-refractivity contribution < 1.29 is 9.18 Å². The molecule has 5 heteroatoms. The number of nitrogens with one attached hydrogen (secondary N) is 1. The van der Waals surface area contributed by atoms with Gasteiger partial charge in [-0.3, -0.25) is 4.79 Å². The summed E-state index contributed by atoms with van der Waals surface area (Å²) in [5.41, 5.74) is 0.469. The lowest BCUT2D eigenvalue weighted by Crippen LogP contribution is -2.42. The van der Waals surface area contributed by atoms with E-state index in [9.17, 15) is 9.18 Å². The fraction of sp³-hybridized carbons (Fsp3) is 0.562. The summed E-state index contributed by atoms with van der Waals surface area (Å²) < 4.78 is 13.5. The van der Waals surface area contributed by atoms with Gasteiger partial charge in [0.05, 0.1) is 5.56 Å². The van der Waals surface area contributed by atoms with Gasteiger partial charge in [0, 0.05) is 30.7 Å². The largest absolute Gasteiger partial charge is 0.351 e. The third-order valence-electron chi connectivity index (χ3n) is 3.83. The molecule has 0 spiro atoms. The van der Waals surface area contributed by atoms with Crippen LogP contribution in [0.4, 0.5) is 4.39 Å². The van der Waals surface area contributed by atoms with Crippen LogP contribution in [0.5, 0.6) is 0 Å². The topological polar surface area (TPSA) is 32.3 Å². The molecule has 0 aromatic heterocycles. The Bertz CT molecular complexity index is 499. The molecular formula is C16H22BrFN2O. The summed E-state index contributed by atoms with van der Waals surface area (Å²) in [6.45, 7) is 8.22. The number of hydrogen-bond acceptors (Lipinski definition) is 2. The Hall–Kier alpha value is -0.940. The first-order valence-corrected chi connectivity index (χ1v) is 8.20. The molecule has 0 aliphatic carbocycles. The van der Waals surface area contributed by atoms with Crippen molar-refractivity contribution in [3.63, 3.8) is 0 Å². The second kappa shape index (κ2) is 7.36. The highest BCUT2D eigenvalue weighted by Crippen LogP contribution is 2.20. The minimum absolute atomic E-state index is 0.167. The third-order valence-corrected chi connectivity index (χ3v) is 4.49. The van der Waals surface area contributed by atoms with E-state index in [1.165, 1.54) is 24.6 Å². The molecule has 1 aromatic carbocycles. The molecule has 1 saturated heterocycles. The monoisotopic (exact) mass is 356 g/mol. The molecule has 1 amide bonds. The van der Waals surface area contributed by atoms with Crippen LogP contribution >= 0.6 is 15.9 Å². The molecule has 21 heavy (non-hydrogen) atoms. The number of carbonyl (C=O) groups is 1. The van der Waals surface area contributed by atoms with Crippen LogP contribution < -0.4 is 5.32 Å². The van der Waals surface area contributed by atoms with E-state index in [2.05, 4.69) is 40.0 Å². The van der Waals surface area contributed by atoms with Gasteiger partial charge in [-0.05, 0) is 52.4 Å². The van der Waals surface area contributed by atoms with Gasteiger partial charge in [0.2, 0.25) is 0 Å². The maximum atomic E-state index is 13.0. The number of rotatable bonds is 4. The minimum Gasteiger partial charge on any atom is -0.351 e. The standard InChI is InChI=1S/C16H22BrFN2O/c1-11-7-12(2)10-20(9-11)6-5-19-16(21)14-4-3-13(18)8-15(14)17/h3-4,8,11-12H,5-7,9-10H2,1-2H3,(H,19,21)/t11-,12+.